The van der Waals surface area contributed by atoms with Crippen LogP contribution >= 0.6 is 0 Å². The highest BCUT2D eigenvalue weighted by atomic mass is 32.2. The monoisotopic (exact) mass is 530 g/mol. The molecule has 0 aromatic heterocycles. The van der Waals surface area contributed by atoms with Crippen LogP contribution in [0.25, 0.3) is 22.3 Å². The Hall–Kier alpha value is -4.41. The molecule has 0 aliphatic heterocycles. The number of hydrogen-bond acceptors (Lipinski definition) is 7. The predicted molar refractivity (Wildman–Crippen MR) is 150 cm³/mol. The highest BCUT2D eigenvalue weighted by molar-refractivity contribution is 7.91. The van der Waals surface area contributed by atoms with Crippen molar-refractivity contribution in [3.8, 4) is 22.3 Å². The van der Waals surface area contributed by atoms with E-state index >= 15 is 0 Å². The summed E-state index contributed by atoms with van der Waals surface area (Å²) in [6.45, 7) is 4.89. The summed E-state index contributed by atoms with van der Waals surface area (Å²) >= 11 is -1.45. The average Bonchev–Trinajstić information content (AvgIpc) is 2.93. The van der Waals surface area contributed by atoms with Gasteiger partial charge in [0.2, 0.25) is 0 Å². The zero-order valence-electron chi connectivity index (χ0n) is 20.8. The molecule has 0 spiro atoms. The molecule has 0 radical (unpaired) electrons. The Bertz CT molecular complexity index is 1350. The van der Waals surface area contributed by atoms with Gasteiger partial charge in [0, 0.05) is 36.4 Å². The number of nitro benzene ring substituents is 2. The second-order valence-electron chi connectivity index (χ2n) is 8.36. The fraction of sp³-hybridized carbons (Fsp3) is 0.143. The minimum atomic E-state index is -1.45. The lowest BCUT2D eigenvalue weighted by molar-refractivity contribution is -0.384. The third kappa shape index (κ3) is 5.77. The van der Waals surface area contributed by atoms with Crippen LogP contribution in [-0.4, -0.2) is 27.5 Å². The quantitative estimate of drug-likeness (QED) is 0.130. The van der Waals surface area contributed by atoms with Gasteiger partial charge in [0.1, 0.15) is 11.4 Å². The third-order valence-electron chi connectivity index (χ3n) is 5.93. The first kappa shape index (κ1) is 26.6. The summed E-state index contributed by atoms with van der Waals surface area (Å²) in [5.41, 5.74) is 3.85. The van der Waals surface area contributed by atoms with Crippen LogP contribution in [0, 0.1) is 20.2 Å². The third-order valence-corrected chi connectivity index (χ3v) is 7.33. The van der Waals surface area contributed by atoms with Crippen LogP contribution in [-0.2, 0) is 11.2 Å². The molecule has 9 nitrogen and oxygen atoms in total. The number of rotatable bonds is 10. The maximum Gasteiger partial charge on any atom is 0.292 e. The molecule has 0 saturated heterocycles. The van der Waals surface area contributed by atoms with Crippen molar-refractivity contribution in [2.45, 2.75) is 23.6 Å². The Morgan fingerprint density at radius 1 is 0.605 bits per heavy atom. The molecule has 10 heteroatoms. The van der Waals surface area contributed by atoms with E-state index in [2.05, 4.69) is 10.6 Å². The number of hydrogen-bond donors (Lipinski definition) is 2. The van der Waals surface area contributed by atoms with Crippen molar-refractivity contribution in [3.05, 3.63) is 105 Å². The number of benzene rings is 4. The molecule has 0 amide bonds. The van der Waals surface area contributed by atoms with E-state index in [9.17, 15) is 24.8 Å². The highest BCUT2D eigenvalue weighted by Crippen LogP contribution is 2.33. The van der Waals surface area contributed by atoms with Gasteiger partial charge in [-0.05, 0) is 96.8 Å². The molecular formula is C28H26N4O5S. The standard InChI is InChI=1S/C28H26N4O5S/c1-3-29-25-15-9-21(17-27(25)31(33)34)19-5-11-23(12-6-19)38(37)24-13-7-20(8-14-24)22-10-16-26(30-4-2)28(18-22)32(35)36/h5-18,29-30H,3-4H2,1-2H3. The van der Waals surface area contributed by atoms with Crippen LogP contribution in [0.4, 0.5) is 22.7 Å². The number of nitro groups is 2. The molecule has 4 aromatic carbocycles. The summed E-state index contributed by atoms with van der Waals surface area (Å²) in [6.07, 6.45) is 0. The Balaban J connectivity index is 1.54. The minimum absolute atomic E-state index is 0.00121. The molecule has 2 N–H and O–H groups in total. The molecular weight excluding hydrogens is 504 g/mol. The summed E-state index contributed by atoms with van der Waals surface area (Å²) in [5, 5.41) is 28.9. The lowest BCUT2D eigenvalue weighted by Crippen LogP contribution is -2.02. The minimum Gasteiger partial charge on any atom is -0.606 e. The zero-order chi connectivity index (χ0) is 27.2. The second kappa shape index (κ2) is 11.8. The Morgan fingerprint density at radius 2 is 0.947 bits per heavy atom. The van der Waals surface area contributed by atoms with Gasteiger partial charge < -0.3 is 15.2 Å². The van der Waals surface area contributed by atoms with Gasteiger partial charge in [-0.1, -0.05) is 12.1 Å². The van der Waals surface area contributed by atoms with Crippen molar-refractivity contribution in [1.82, 2.24) is 0 Å². The summed E-state index contributed by atoms with van der Waals surface area (Å²) in [7, 11) is 0. The van der Waals surface area contributed by atoms with Gasteiger partial charge in [0.05, 0.1) is 9.85 Å². The van der Waals surface area contributed by atoms with E-state index in [1.165, 1.54) is 12.1 Å². The molecule has 0 fully saturated rings. The van der Waals surface area contributed by atoms with Crippen molar-refractivity contribution in [2.75, 3.05) is 23.7 Å². The number of nitrogens with zero attached hydrogens (tertiary/aromatic N) is 2. The summed E-state index contributed by atoms with van der Waals surface area (Å²) in [5.74, 6) is 0. The lowest BCUT2D eigenvalue weighted by atomic mass is 10.0. The second-order valence-corrected chi connectivity index (χ2v) is 9.84. The van der Waals surface area contributed by atoms with Crippen LogP contribution in [0.5, 0.6) is 0 Å². The summed E-state index contributed by atoms with van der Waals surface area (Å²) in [6, 6.07) is 24.2. The van der Waals surface area contributed by atoms with Gasteiger partial charge in [-0.2, -0.15) is 0 Å². The normalized spacial score (nSPS) is 10.8. The molecule has 194 valence electrons. The molecule has 0 aliphatic rings. The molecule has 0 saturated carbocycles. The van der Waals surface area contributed by atoms with Crippen LogP contribution in [0.15, 0.2) is 94.7 Å². The average molecular weight is 531 g/mol. The van der Waals surface area contributed by atoms with E-state index in [4.69, 9.17) is 0 Å². The first-order valence-corrected chi connectivity index (χ1v) is 13.1. The van der Waals surface area contributed by atoms with E-state index in [0.717, 1.165) is 11.1 Å². The van der Waals surface area contributed by atoms with Gasteiger partial charge in [-0.3, -0.25) is 20.2 Å². The van der Waals surface area contributed by atoms with Gasteiger partial charge >= 0.3 is 0 Å². The van der Waals surface area contributed by atoms with Crippen molar-refractivity contribution < 1.29 is 14.4 Å². The molecule has 0 aliphatic carbocycles. The molecule has 0 unspecified atom stereocenters. The van der Waals surface area contributed by atoms with E-state index < -0.39 is 21.0 Å². The SMILES string of the molecule is CCNc1ccc(-c2ccc([S+]([O-])c3ccc(-c4ccc(NCC)c([N+](=O)[O-])c4)cc3)cc2)cc1[N+](=O)[O-]. The maximum absolute atomic E-state index is 13.2. The molecule has 0 heterocycles. The van der Waals surface area contributed by atoms with Gasteiger partial charge in [0.15, 0.2) is 9.79 Å². The van der Waals surface area contributed by atoms with Crippen LogP contribution in [0.1, 0.15) is 13.8 Å². The predicted octanol–water partition coefficient (Wildman–Crippen LogP) is 6.87. The van der Waals surface area contributed by atoms with Gasteiger partial charge in [0.25, 0.3) is 11.4 Å². The van der Waals surface area contributed by atoms with E-state index in [1.807, 2.05) is 26.0 Å². The lowest BCUT2D eigenvalue weighted by Gasteiger charge is -2.12. The Kier molecular flexibility index (Phi) is 8.25. The van der Waals surface area contributed by atoms with Crippen molar-refractivity contribution in [2.24, 2.45) is 0 Å². The summed E-state index contributed by atoms with van der Waals surface area (Å²) in [4.78, 5) is 23.3. The highest BCUT2D eigenvalue weighted by Gasteiger charge is 2.19. The first-order valence-electron chi connectivity index (χ1n) is 12.0. The Morgan fingerprint density at radius 3 is 1.26 bits per heavy atom. The largest absolute Gasteiger partial charge is 0.606 e. The van der Waals surface area contributed by atoms with Crippen LogP contribution in [0.3, 0.4) is 0 Å². The first-order chi connectivity index (χ1) is 18.3. The molecule has 4 aromatic rings. The number of nitrogens with one attached hydrogen (secondary N) is 2. The van der Waals surface area contributed by atoms with E-state index in [-0.39, 0.29) is 11.4 Å². The Labute approximate surface area is 223 Å². The number of anilines is 2. The van der Waals surface area contributed by atoms with Crippen molar-refractivity contribution in [1.29, 1.82) is 0 Å². The van der Waals surface area contributed by atoms with Gasteiger partial charge in [-0.25, -0.2) is 0 Å². The molecule has 38 heavy (non-hydrogen) atoms. The fourth-order valence-electron chi connectivity index (χ4n) is 4.08. The van der Waals surface area contributed by atoms with Gasteiger partial charge in [-0.15, -0.1) is 0 Å². The van der Waals surface area contributed by atoms with Crippen molar-refractivity contribution >= 4 is 33.9 Å². The summed E-state index contributed by atoms with van der Waals surface area (Å²) < 4.78 is 13.2. The maximum atomic E-state index is 13.2. The zero-order valence-corrected chi connectivity index (χ0v) is 21.7. The fourth-order valence-corrected chi connectivity index (χ4v) is 5.12. The topological polar surface area (TPSA) is 133 Å². The van der Waals surface area contributed by atoms with Crippen LogP contribution < -0.4 is 10.6 Å². The van der Waals surface area contributed by atoms with E-state index in [1.54, 1.807) is 60.7 Å². The molecule has 0 atom stereocenters. The molecule has 0 bridgehead atoms. The smallest absolute Gasteiger partial charge is 0.292 e. The van der Waals surface area contributed by atoms with Crippen molar-refractivity contribution in [3.63, 3.8) is 0 Å². The van der Waals surface area contributed by atoms with E-state index in [0.29, 0.717) is 45.4 Å². The van der Waals surface area contributed by atoms with Crippen LogP contribution in [0.2, 0.25) is 0 Å². The molecule has 4 rings (SSSR count).